The molecule has 0 fully saturated rings. The van der Waals surface area contributed by atoms with Gasteiger partial charge in [-0.25, -0.2) is 0 Å². The highest BCUT2D eigenvalue weighted by molar-refractivity contribution is 9.11. The molecule has 1 N–H and O–H groups in total. The molecule has 1 heterocycles. The average Bonchev–Trinajstić information content (AvgIpc) is 2.40. The minimum atomic E-state index is -0.914. The third-order valence-corrected chi connectivity index (χ3v) is 4.08. The lowest BCUT2D eigenvalue weighted by Crippen LogP contribution is -2.29. The molecule has 2 rings (SSSR count). The Balaban J connectivity index is 2.30. The summed E-state index contributed by atoms with van der Waals surface area (Å²) in [6.45, 7) is 0.227. The second-order valence-electron chi connectivity index (χ2n) is 4.31. The highest BCUT2D eigenvalue weighted by Crippen LogP contribution is 2.25. The van der Waals surface area contributed by atoms with Crippen molar-refractivity contribution in [2.75, 3.05) is 11.4 Å². The van der Waals surface area contributed by atoms with Crippen LogP contribution in [0.5, 0.6) is 0 Å². The van der Waals surface area contributed by atoms with Crippen LogP contribution in [0.15, 0.2) is 45.5 Å². The number of halogens is 3. The maximum atomic E-state index is 11.1. The molecule has 110 valence electrons. The Morgan fingerprint density at radius 3 is 2.71 bits per heavy atom. The molecule has 0 aliphatic heterocycles. The topological polar surface area (TPSA) is 53.4 Å². The van der Waals surface area contributed by atoms with E-state index >= 15 is 0 Å². The quantitative estimate of drug-likeness (QED) is 0.760. The highest BCUT2D eigenvalue weighted by atomic mass is 79.9. The van der Waals surface area contributed by atoms with E-state index in [2.05, 4.69) is 36.8 Å². The van der Waals surface area contributed by atoms with Crippen LogP contribution < -0.4 is 4.90 Å². The van der Waals surface area contributed by atoms with Crippen LogP contribution in [0.3, 0.4) is 0 Å². The van der Waals surface area contributed by atoms with Crippen LogP contribution in [0.25, 0.3) is 0 Å². The van der Waals surface area contributed by atoms with Gasteiger partial charge in [0.25, 0.3) is 0 Å². The molecule has 0 bridgehead atoms. The van der Waals surface area contributed by atoms with Gasteiger partial charge in [-0.2, -0.15) is 0 Å². The van der Waals surface area contributed by atoms with Crippen molar-refractivity contribution < 1.29 is 9.90 Å². The number of carboxylic acids is 1. The third kappa shape index (κ3) is 4.69. The Morgan fingerprint density at radius 1 is 1.33 bits per heavy atom. The number of nitrogens with zero attached hydrogens (tertiary/aromatic N) is 2. The maximum absolute atomic E-state index is 11.1. The van der Waals surface area contributed by atoms with Crippen LogP contribution in [0.2, 0.25) is 5.02 Å². The van der Waals surface area contributed by atoms with Gasteiger partial charge in [-0.3, -0.25) is 9.78 Å². The Morgan fingerprint density at radius 2 is 2.10 bits per heavy atom. The molecule has 0 saturated heterocycles. The van der Waals surface area contributed by atoms with E-state index in [0.29, 0.717) is 11.6 Å². The number of carboxylic acid groups (broad SMARTS) is 1. The summed E-state index contributed by atoms with van der Waals surface area (Å²) in [6.07, 6.45) is 1.68. The Bertz CT molecular complexity index is 667. The molecule has 7 heteroatoms. The zero-order chi connectivity index (χ0) is 15.4. The normalized spacial score (nSPS) is 10.4. The number of anilines is 1. The fraction of sp³-hybridized carbons (Fsp3) is 0.143. The van der Waals surface area contributed by atoms with Gasteiger partial charge in [0.15, 0.2) is 0 Å². The maximum Gasteiger partial charge on any atom is 0.323 e. The molecule has 2 aromatic rings. The summed E-state index contributed by atoms with van der Waals surface area (Å²) in [5.74, 6) is -0.914. The van der Waals surface area contributed by atoms with Gasteiger partial charge in [0.1, 0.15) is 6.54 Å². The molecule has 1 aromatic heterocycles. The molecule has 0 saturated carbocycles. The van der Waals surface area contributed by atoms with Gasteiger partial charge in [0, 0.05) is 25.9 Å². The molecule has 4 nitrogen and oxygen atoms in total. The first-order valence-electron chi connectivity index (χ1n) is 5.98. The van der Waals surface area contributed by atoms with Gasteiger partial charge in [-0.1, -0.05) is 17.7 Å². The molecule has 0 aliphatic rings. The number of rotatable bonds is 5. The fourth-order valence-electron chi connectivity index (χ4n) is 1.81. The number of hydrogen-bond donors (Lipinski definition) is 1. The zero-order valence-electron chi connectivity index (χ0n) is 10.8. The van der Waals surface area contributed by atoms with E-state index < -0.39 is 5.97 Å². The molecule has 0 spiro atoms. The van der Waals surface area contributed by atoms with Gasteiger partial charge in [0.05, 0.1) is 12.2 Å². The van der Waals surface area contributed by atoms with Crippen LogP contribution in [0.4, 0.5) is 5.69 Å². The summed E-state index contributed by atoms with van der Waals surface area (Å²) in [7, 11) is 0. The van der Waals surface area contributed by atoms with Crippen molar-refractivity contribution in [3.8, 4) is 0 Å². The average molecular weight is 435 g/mol. The Kier molecular flexibility index (Phi) is 5.61. The van der Waals surface area contributed by atoms with E-state index in [9.17, 15) is 4.79 Å². The number of carbonyl (C=O) groups is 1. The monoisotopic (exact) mass is 432 g/mol. The van der Waals surface area contributed by atoms with E-state index in [1.165, 1.54) is 0 Å². The highest BCUT2D eigenvalue weighted by Gasteiger charge is 2.14. The van der Waals surface area contributed by atoms with Crippen LogP contribution in [-0.4, -0.2) is 22.6 Å². The van der Waals surface area contributed by atoms with Crippen molar-refractivity contribution in [3.05, 3.63) is 56.2 Å². The predicted molar refractivity (Wildman–Crippen MR) is 89.8 cm³/mol. The SMILES string of the molecule is O=C(O)CN(Cc1ncc(Br)cc1Br)c1cccc(Cl)c1. The molecular formula is C14H11Br2ClN2O2. The minimum absolute atomic E-state index is 0.134. The second-order valence-corrected chi connectivity index (χ2v) is 6.52. The lowest BCUT2D eigenvalue weighted by Gasteiger charge is -2.23. The molecule has 0 aliphatic carbocycles. The molecule has 0 unspecified atom stereocenters. The number of aliphatic carboxylic acids is 1. The standard InChI is InChI=1S/C14H11Br2ClN2O2/c15-9-4-12(16)13(18-6-9)7-19(8-14(20)21)11-3-1-2-10(17)5-11/h1-6H,7-8H2,(H,20,21). The number of hydrogen-bond acceptors (Lipinski definition) is 3. The fourth-order valence-corrected chi connectivity index (χ4v) is 3.11. The summed E-state index contributed by atoms with van der Waals surface area (Å²) in [5.41, 5.74) is 1.49. The van der Waals surface area contributed by atoms with Crippen molar-refractivity contribution in [2.24, 2.45) is 0 Å². The van der Waals surface area contributed by atoms with E-state index in [0.717, 1.165) is 20.3 Å². The largest absolute Gasteiger partial charge is 0.480 e. The minimum Gasteiger partial charge on any atom is -0.480 e. The lowest BCUT2D eigenvalue weighted by molar-refractivity contribution is -0.135. The summed E-state index contributed by atoms with van der Waals surface area (Å²) in [4.78, 5) is 17.1. The Hall–Kier alpha value is -1.11. The van der Waals surface area contributed by atoms with E-state index in [-0.39, 0.29) is 6.54 Å². The number of aromatic nitrogens is 1. The smallest absolute Gasteiger partial charge is 0.323 e. The van der Waals surface area contributed by atoms with E-state index in [4.69, 9.17) is 16.7 Å². The van der Waals surface area contributed by atoms with E-state index in [1.807, 2.05) is 12.1 Å². The van der Waals surface area contributed by atoms with E-state index in [1.54, 1.807) is 29.3 Å². The number of benzene rings is 1. The summed E-state index contributed by atoms with van der Waals surface area (Å²) in [5, 5.41) is 9.65. The number of pyridine rings is 1. The molecule has 21 heavy (non-hydrogen) atoms. The second kappa shape index (κ2) is 7.24. The van der Waals surface area contributed by atoms with Crippen molar-refractivity contribution in [3.63, 3.8) is 0 Å². The van der Waals surface area contributed by atoms with Crippen LogP contribution in [0, 0.1) is 0 Å². The van der Waals surface area contributed by atoms with Gasteiger partial charge in [-0.15, -0.1) is 0 Å². The van der Waals surface area contributed by atoms with Crippen LogP contribution >= 0.6 is 43.5 Å². The van der Waals surface area contributed by atoms with Crippen molar-refractivity contribution >= 4 is 55.1 Å². The zero-order valence-corrected chi connectivity index (χ0v) is 14.7. The molecule has 0 radical (unpaired) electrons. The first-order chi connectivity index (χ1) is 9.95. The first kappa shape index (κ1) is 16.3. The summed E-state index contributed by atoms with van der Waals surface area (Å²) in [6, 6.07) is 8.96. The lowest BCUT2D eigenvalue weighted by atomic mass is 10.2. The van der Waals surface area contributed by atoms with Gasteiger partial charge in [0.2, 0.25) is 0 Å². The summed E-state index contributed by atoms with van der Waals surface area (Å²) < 4.78 is 1.67. The predicted octanol–water partition coefficient (Wildman–Crippen LogP) is 4.35. The molecular weight excluding hydrogens is 423 g/mol. The molecule has 0 atom stereocenters. The third-order valence-electron chi connectivity index (χ3n) is 2.72. The Labute approximate surface area is 144 Å². The van der Waals surface area contributed by atoms with Crippen molar-refractivity contribution in [1.82, 2.24) is 4.98 Å². The van der Waals surface area contributed by atoms with Gasteiger partial charge < -0.3 is 10.0 Å². The molecule has 1 aromatic carbocycles. The molecule has 0 amide bonds. The van der Waals surface area contributed by atoms with Crippen LogP contribution in [0.1, 0.15) is 5.69 Å². The van der Waals surface area contributed by atoms with Crippen molar-refractivity contribution in [2.45, 2.75) is 6.54 Å². The van der Waals surface area contributed by atoms with Gasteiger partial charge in [-0.05, 0) is 56.1 Å². The first-order valence-corrected chi connectivity index (χ1v) is 7.94. The van der Waals surface area contributed by atoms with Crippen LogP contribution in [-0.2, 0) is 11.3 Å². The van der Waals surface area contributed by atoms with Crippen molar-refractivity contribution in [1.29, 1.82) is 0 Å². The van der Waals surface area contributed by atoms with Gasteiger partial charge >= 0.3 is 5.97 Å². The summed E-state index contributed by atoms with van der Waals surface area (Å²) >= 11 is 12.8.